The van der Waals surface area contributed by atoms with Gasteiger partial charge in [-0.15, -0.1) is 0 Å². The summed E-state index contributed by atoms with van der Waals surface area (Å²) in [5, 5.41) is 13.7. The maximum absolute atomic E-state index is 12.4. The van der Waals surface area contributed by atoms with E-state index in [2.05, 4.69) is 10.0 Å². The van der Waals surface area contributed by atoms with Gasteiger partial charge >= 0.3 is 0 Å². The van der Waals surface area contributed by atoms with Gasteiger partial charge in [0.1, 0.15) is 4.90 Å². The average molecular weight is 313 g/mol. The monoisotopic (exact) mass is 313 g/mol. The molecule has 0 bridgehead atoms. The average Bonchev–Trinajstić information content (AvgIpc) is 3.22. The molecule has 2 N–H and O–H groups in total. The second-order valence-electron chi connectivity index (χ2n) is 5.22. The zero-order chi connectivity index (χ0) is 15.6. The molecule has 1 aliphatic rings. The molecule has 0 aliphatic heterocycles. The minimum absolute atomic E-state index is 0.0439. The molecule has 7 nitrogen and oxygen atoms in total. The summed E-state index contributed by atoms with van der Waals surface area (Å²) in [6, 6.07) is 3.61. The fraction of sp³-hybridized carbons (Fsp3) is 0.538. The molecule has 0 heterocycles. The summed E-state index contributed by atoms with van der Waals surface area (Å²) in [5.74, 6) is 0.389. The molecule has 1 fully saturated rings. The predicted octanol–water partition coefficient (Wildman–Crippen LogP) is 2.10. The first-order valence-corrected chi connectivity index (χ1v) is 8.38. The van der Waals surface area contributed by atoms with Crippen LogP contribution in [0.4, 0.5) is 11.4 Å². The van der Waals surface area contributed by atoms with Gasteiger partial charge < -0.3 is 5.32 Å². The number of hydrogen-bond acceptors (Lipinski definition) is 5. The number of benzene rings is 1. The fourth-order valence-electron chi connectivity index (χ4n) is 2.20. The highest BCUT2D eigenvalue weighted by molar-refractivity contribution is 7.89. The van der Waals surface area contributed by atoms with Gasteiger partial charge in [-0.25, -0.2) is 13.1 Å². The lowest BCUT2D eigenvalue weighted by molar-refractivity contribution is -0.384. The molecule has 0 aromatic heterocycles. The highest BCUT2D eigenvalue weighted by Crippen LogP contribution is 2.34. The normalized spacial score (nSPS) is 16.5. The van der Waals surface area contributed by atoms with Crippen LogP contribution in [0, 0.1) is 16.0 Å². The number of non-ortho nitro benzene ring substituents is 1. The second kappa shape index (κ2) is 5.98. The van der Waals surface area contributed by atoms with Crippen molar-refractivity contribution in [3.8, 4) is 0 Å². The van der Waals surface area contributed by atoms with Gasteiger partial charge in [0.2, 0.25) is 10.0 Å². The van der Waals surface area contributed by atoms with Crippen molar-refractivity contribution in [2.45, 2.75) is 37.6 Å². The van der Waals surface area contributed by atoms with E-state index >= 15 is 0 Å². The van der Waals surface area contributed by atoms with Gasteiger partial charge in [0, 0.05) is 24.7 Å². The molecular formula is C13H19N3O4S. The highest BCUT2D eigenvalue weighted by Gasteiger charge is 2.32. The zero-order valence-corrected chi connectivity index (χ0v) is 12.8. The third kappa shape index (κ3) is 3.70. The summed E-state index contributed by atoms with van der Waals surface area (Å²) in [7, 11) is -3.69. The van der Waals surface area contributed by atoms with E-state index in [-0.39, 0.29) is 22.3 Å². The Balaban J connectivity index is 2.33. The molecular weight excluding hydrogens is 294 g/mol. The lowest BCUT2D eigenvalue weighted by Gasteiger charge is -2.16. The van der Waals surface area contributed by atoms with Gasteiger partial charge in [-0.2, -0.15) is 0 Å². The Morgan fingerprint density at radius 3 is 2.62 bits per heavy atom. The number of nitro groups is 1. The summed E-state index contributed by atoms with van der Waals surface area (Å²) in [6.45, 7) is 4.12. The molecule has 1 aromatic carbocycles. The molecule has 0 spiro atoms. The van der Waals surface area contributed by atoms with Crippen molar-refractivity contribution in [1.82, 2.24) is 4.72 Å². The minimum atomic E-state index is -3.69. The van der Waals surface area contributed by atoms with E-state index in [1.807, 2.05) is 6.92 Å². The largest absolute Gasteiger partial charge is 0.384 e. The smallest absolute Gasteiger partial charge is 0.271 e. The maximum Gasteiger partial charge on any atom is 0.271 e. The summed E-state index contributed by atoms with van der Waals surface area (Å²) >= 11 is 0. The minimum Gasteiger partial charge on any atom is -0.384 e. The van der Waals surface area contributed by atoms with Crippen molar-refractivity contribution >= 4 is 21.4 Å². The van der Waals surface area contributed by atoms with Crippen molar-refractivity contribution in [1.29, 1.82) is 0 Å². The Labute approximate surface area is 123 Å². The summed E-state index contributed by atoms with van der Waals surface area (Å²) in [5.41, 5.74) is 0.113. The van der Waals surface area contributed by atoms with Crippen molar-refractivity contribution < 1.29 is 13.3 Å². The lowest BCUT2D eigenvalue weighted by Crippen LogP contribution is -2.34. The molecule has 2 rings (SSSR count). The number of nitrogens with one attached hydrogen (secondary N) is 2. The van der Waals surface area contributed by atoms with E-state index < -0.39 is 14.9 Å². The number of anilines is 1. The van der Waals surface area contributed by atoms with Crippen LogP contribution in [-0.4, -0.2) is 25.9 Å². The molecule has 0 amide bonds. The van der Waals surface area contributed by atoms with E-state index in [1.54, 1.807) is 6.92 Å². The zero-order valence-electron chi connectivity index (χ0n) is 12.0. The van der Waals surface area contributed by atoms with Crippen molar-refractivity contribution in [2.24, 2.45) is 5.92 Å². The topological polar surface area (TPSA) is 101 Å². The van der Waals surface area contributed by atoms with Crippen LogP contribution in [0.25, 0.3) is 0 Å². The molecule has 0 saturated heterocycles. The van der Waals surface area contributed by atoms with E-state index in [0.717, 1.165) is 12.8 Å². The Morgan fingerprint density at radius 1 is 1.43 bits per heavy atom. The second-order valence-corrected chi connectivity index (χ2v) is 6.90. The molecule has 1 saturated carbocycles. The van der Waals surface area contributed by atoms with Gasteiger partial charge in [0.05, 0.1) is 10.6 Å². The van der Waals surface area contributed by atoms with Gasteiger partial charge in [0.25, 0.3) is 5.69 Å². The van der Waals surface area contributed by atoms with Crippen LogP contribution >= 0.6 is 0 Å². The van der Waals surface area contributed by atoms with Crippen molar-refractivity contribution in [3.63, 3.8) is 0 Å². The highest BCUT2D eigenvalue weighted by atomic mass is 32.2. The first-order valence-electron chi connectivity index (χ1n) is 6.89. The Bertz CT molecular complexity index is 641. The standard InChI is InChI=1S/C13H19N3O4S/c1-3-14-12-8-11(16(17)18)6-7-13(12)21(19,20)15-9(2)10-4-5-10/h6-10,14-15H,3-5H2,1-2H3. The van der Waals surface area contributed by atoms with Crippen LogP contribution in [0.15, 0.2) is 23.1 Å². The maximum atomic E-state index is 12.4. The van der Waals surface area contributed by atoms with Crippen LogP contribution < -0.4 is 10.0 Å². The van der Waals surface area contributed by atoms with Crippen LogP contribution in [0.2, 0.25) is 0 Å². The third-order valence-corrected chi connectivity index (χ3v) is 5.12. The molecule has 21 heavy (non-hydrogen) atoms. The fourth-order valence-corrected chi connectivity index (χ4v) is 3.67. The summed E-state index contributed by atoms with van der Waals surface area (Å²) < 4.78 is 27.5. The number of nitrogens with zero attached hydrogens (tertiary/aromatic N) is 1. The number of hydrogen-bond donors (Lipinski definition) is 2. The van der Waals surface area contributed by atoms with Gasteiger partial charge in [-0.3, -0.25) is 10.1 Å². The number of rotatable bonds is 7. The molecule has 116 valence electrons. The van der Waals surface area contributed by atoms with E-state index in [1.165, 1.54) is 18.2 Å². The first kappa shape index (κ1) is 15.7. The van der Waals surface area contributed by atoms with Crippen LogP contribution in [0.3, 0.4) is 0 Å². The van der Waals surface area contributed by atoms with E-state index in [4.69, 9.17) is 0 Å². The number of sulfonamides is 1. The molecule has 1 unspecified atom stereocenters. The first-order chi connectivity index (χ1) is 9.85. The molecule has 8 heteroatoms. The van der Waals surface area contributed by atoms with E-state index in [9.17, 15) is 18.5 Å². The van der Waals surface area contributed by atoms with Crippen molar-refractivity contribution in [2.75, 3.05) is 11.9 Å². The quantitative estimate of drug-likeness (QED) is 0.593. The number of nitro benzene ring substituents is 1. The molecule has 1 atom stereocenters. The van der Waals surface area contributed by atoms with Gasteiger partial charge in [-0.1, -0.05) is 0 Å². The predicted molar refractivity (Wildman–Crippen MR) is 79.8 cm³/mol. The molecule has 1 aliphatic carbocycles. The van der Waals surface area contributed by atoms with Crippen LogP contribution in [-0.2, 0) is 10.0 Å². The van der Waals surface area contributed by atoms with Gasteiger partial charge in [-0.05, 0) is 38.7 Å². The Kier molecular flexibility index (Phi) is 4.48. The molecule has 1 aromatic rings. The van der Waals surface area contributed by atoms with Crippen molar-refractivity contribution in [3.05, 3.63) is 28.3 Å². The molecule has 0 radical (unpaired) electrons. The summed E-state index contributed by atoms with van der Waals surface area (Å²) in [6.07, 6.45) is 2.06. The third-order valence-electron chi connectivity index (χ3n) is 3.50. The van der Waals surface area contributed by atoms with Crippen LogP contribution in [0.5, 0.6) is 0 Å². The summed E-state index contributed by atoms with van der Waals surface area (Å²) in [4.78, 5) is 10.3. The van der Waals surface area contributed by atoms with Crippen LogP contribution in [0.1, 0.15) is 26.7 Å². The SMILES string of the molecule is CCNc1cc([N+](=O)[O-])ccc1S(=O)(=O)NC(C)C1CC1. The Morgan fingerprint density at radius 2 is 2.10 bits per heavy atom. The van der Waals surface area contributed by atoms with Gasteiger partial charge in [0.15, 0.2) is 0 Å². The Hall–Kier alpha value is -1.67. The van der Waals surface area contributed by atoms with E-state index in [0.29, 0.717) is 12.5 Å². The lowest BCUT2D eigenvalue weighted by atomic mass is 10.2.